The smallest absolute Gasteiger partial charge is 0.296 e. The second-order valence-corrected chi connectivity index (χ2v) is 8.24. The summed E-state index contributed by atoms with van der Waals surface area (Å²) in [6, 6.07) is 11.5. The minimum atomic E-state index is -0.503. The minimum Gasteiger partial charge on any atom is -0.505 e. The van der Waals surface area contributed by atoms with Gasteiger partial charge in [0.05, 0.1) is 4.92 Å². The summed E-state index contributed by atoms with van der Waals surface area (Å²) in [6.45, 7) is 10.6. The molecule has 0 aromatic heterocycles. The molecule has 0 radical (unpaired) electrons. The van der Waals surface area contributed by atoms with E-state index in [1.54, 1.807) is 18.2 Å². The number of phenols is 1. The van der Waals surface area contributed by atoms with E-state index in [9.17, 15) is 15.2 Å². The van der Waals surface area contributed by atoms with Gasteiger partial charge in [0.15, 0.2) is 5.69 Å². The van der Waals surface area contributed by atoms with Crippen molar-refractivity contribution in [1.29, 1.82) is 0 Å². The van der Waals surface area contributed by atoms with Crippen LogP contribution in [-0.2, 0) is 5.41 Å². The lowest BCUT2D eigenvalue weighted by molar-refractivity contribution is -0.384. The first-order valence-corrected chi connectivity index (χ1v) is 8.49. The van der Waals surface area contributed by atoms with Gasteiger partial charge in [-0.1, -0.05) is 58.9 Å². The second-order valence-electron chi connectivity index (χ2n) is 8.24. The summed E-state index contributed by atoms with van der Waals surface area (Å²) in [7, 11) is 0. The molecule has 2 aromatic carbocycles. The van der Waals surface area contributed by atoms with Gasteiger partial charge < -0.3 is 5.11 Å². The van der Waals surface area contributed by atoms with Gasteiger partial charge in [-0.25, -0.2) is 0 Å². The third-order valence-corrected chi connectivity index (χ3v) is 4.06. The fourth-order valence-electron chi connectivity index (χ4n) is 3.39. The van der Waals surface area contributed by atoms with E-state index in [1.807, 2.05) is 12.1 Å². The molecule has 1 N–H and O–H groups in total. The maximum Gasteiger partial charge on any atom is 0.296 e. The molecule has 6 nitrogen and oxygen atoms in total. The molecule has 0 amide bonds. The predicted octanol–water partition coefficient (Wildman–Crippen LogP) is 6.43. The Balaban J connectivity index is 2.40. The van der Waals surface area contributed by atoms with Crippen LogP contribution in [-0.4, -0.2) is 10.0 Å². The average molecular weight is 355 g/mol. The largest absolute Gasteiger partial charge is 0.505 e. The summed E-state index contributed by atoms with van der Waals surface area (Å²) in [5.41, 5.74) is 0.940. The van der Waals surface area contributed by atoms with E-state index in [0.29, 0.717) is 5.69 Å². The number of nitro benzene ring substituents is 1. The van der Waals surface area contributed by atoms with E-state index in [0.717, 1.165) is 12.0 Å². The first-order chi connectivity index (χ1) is 12.0. The van der Waals surface area contributed by atoms with Crippen molar-refractivity contribution < 1.29 is 10.0 Å². The van der Waals surface area contributed by atoms with E-state index in [-0.39, 0.29) is 28.0 Å². The van der Waals surface area contributed by atoms with Gasteiger partial charge in [0.2, 0.25) is 0 Å². The van der Waals surface area contributed by atoms with E-state index in [1.165, 1.54) is 12.1 Å². The van der Waals surface area contributed by atoms with Crippen LogP contribution in [0.4, 0.5) is 17.1 Å². The molecule has 0 fully saturated rings. The number of nitro groups is 1. The van der Waals surface area contributed by atoms with E-state index in [2.05, 4.69) is 44.8 Å². The number of para-hydroxylation sites is 2. The molecule has 0 bridgehead atoms. The zero-order valence-electron chi connectivity index (χ0n) is 15.9. The number of rotatable bonds is 5. The van der Waals surface area contributed by atoms with Crippen molar-refractivity contribution in [2.45, 2.75) is 46.5 Å². The van der Waals surface area contributed by atoms with Crippen LogP contribution in [0.1, 0.15) is 46.6 Å². The van der Waals surface area contributed by atoms with Crippen LogP contribution in [0.15, 0.2) is 52.7 Å². The SMILES string of the molecule is CC(C)(C)CC(C)(C)c1cccc(N=Nc2ccccc2[N+](=O)[O-])c1O. The molecular formula is C20H25N3O3. The predicted molar refractivity (Wildman–Crippen MR) is 102 cm³/mol. The molecular weight excluding hydrogens is 330 g/mol. The summed E-state index contributed by atoms with van der Waals surface area (Å²) in [4.78, 5) is 10.6. The fourth-order valence-corrected chi connectivity index (χ4v) is 3.39. The maximum absolute atomic E-state index is 11.1. The molecule has 0 aliphatic heterocycles. The van der Waals surface area contributed by atoms with Gasteiger partial charge >= 0.3 is 0 Å². The molecule has 6 heteroatoms. The van der Waals surface area contributed by atoms with Crippen LogP contribution in [0.5, 0.6) is 5.75 Å². The highest BCUT2D eigenvalue weighted by Crippen LogP contribution is 2.43. The molecule has 2 aromatic rings. The van der Waals surface area contributed by atoms with Crippen LogP contribution < -0.4 is 0 Å². The van der Waals surface area contributed by atoms with Crippen molar-refractivity contribution >= 4 is 17.1 Å². The monoisotopic (exact) mass is 355 g/mol. The Labute approximate surface area is 153 Å². The van der Waals surface area contributed by atoms with Crippen molar-refractivity contribution in [3.05, 3.63) is 58.1 Å². The highest BCUT2D eigenvalue weighted by molar-refractivity contribution is 5.59. The van der Waals surface area contributed by atoms with Gasteiger partial charge in [0, 0.05) is 11.6 Å². The van der Waals surface area contributed by atoms with Gasteiger partial charge in [-0.2, -0.15) is 0 Å². The molecule has 0 aliphatic carbocycles. The van der Waals surface area contributed by atoms with Crippen LogP contribution in [0, 0.1) is 15.5 Å². The second kappa shape index (κ2) is 7.23. The summed E-state index contributed by atoms with van der Waals surface area (Å²) in [5, 5.41) is 29.8. The number of aromatic hydroxyl groups is 1. The lowest BCUT2D eigenvalue weighted by Gasteiger charge is -2.33. The molecule has 0 atom stereocenters. The number of nitrogens with zero attached hydrogens (tertiary/aromatic N) is 3. The van der Waals surface area contributed by atoms with Gasteiger partial charge in [0.1, 0.15) is 11.4 Å². The van der Waals surface area contributed by atoms with Crippen molar-refractivity contribution in [1.82, 2.24) is 0 Å². The van der Waals surface area contributed by atoms with E-state index < -0.39 is 4.92 Å². The van der Waals surface area contributed by atoms with Gasteiger partial charge in [-0.05, 0) is 29.4 Å². The molecule has 2 rings (SSSR count). The molecule has 0 saturated carbocycles. The van der Waals surface area contributed by atoms with Gasteiger partial charge in [-0.15, -0.1) is 10.2 Å². The minimum absolute atomic E-state index is 0.0593. The number of azo groups is 1. The lowest BCUT2D eigenvalue weighted by atomic mass is 9.72. The molecule has 0 unspecified atom stereocenters. The highest BCUT2D eigenvalue weighted by atomic mass is 16.6. The Kier molecular flexibility index (Phi) is 5.44. The van der Waals surface area contributed by atoms with Crippen LogP contribution in [0.2, 0.25) is 0 Å². The third kappa shape index (κ3) is 4.65. The number of hydrogen-bond donors (Lipinski definition) is 1. The zero-order valence-corrected chi connectivity index (χ0v) is 15.9. The molecule has 0 saturated heterocycles. The Morgan fingerprint density at radius 3 is 2.15 bits per heavy atom. The highest BCUT2D eigenvalue weighted by Gasteiger charge is 2.30. The Morgan fingerprint density at radius 1 is 0.962 bits per heavy atom. The quantitative estimate of drug-likeness (QED) is 0.381. The molecule has 0 aliphatic rings. The summed E-state index contributed by atoms with van der Waals surface area (Å²) < 4.78 is 0. The van der Waals surface area contributed by atoms with Gasteiger partial charge in [-0.3, -0.25) is 10.1 Å². The zero-order chi connectivity index (χ0) is 19.5. The van der Waals surface area contributed by atoms with Crippen LogP contribution >= 0.6 is 0 Å². The average Bonchev–Trinajstić information content (AvgIpc) is 2.51. The van der Waals surface area contributed by atoms with Crippen LogP contribution in [0.3, 0.4) is 0 Å². The van der Waals surface area contributed by atoms with Gasteiger partial charge in [0.25, 0.3) is 5.69 Å². The Bertz CT molecular complexity index is 836. The molecule has 0 spiro atoms. The summed E-state index contributed by atoms with van der Waals surface area (Å²) >= 11 is 0. The van der Waals surface area contributed by atoms with Crippen molar-refractivity contribution in [3.8, 4) is 5.75 Å². The van der Waals surface area contributed by atoms with Crippen LogP contribution in [0.25, 0.3) is 0 Å². The molecule has 0 heterocycles. The Hall–Kier alpha value is -2.76. The summed E-state index contributed by atoms with van der Waals surface area (Å²) in [5.74, 6) is 0.0593. The van der Waals surface area contributed by atoms with E-state index in [4.69, 9.17) is 0 Å². The number of phenolic OH excluding ortho intramolecular Hbond substituents is 1. The first-order valence-electron chi connectivity index (χ1n) is 8.49. The molecule has 26 heavy (non-hydrogen) atoms. The van der Waals surface area contributed by atoms with Crippen molar-refractivity contribution in [2.75, 3.05) is 0 Å². The first kappa shape index (κ1) is 19.6. The lowest BCUT2D eigenvalue weighted by Crippen LogP contribution is -2.24. The maximum atomic E-state index is 11.1. The normalized spacial score (nSPS) is 12.5. The number of hydrogen-bond acceptors (Lipinski definition) is 5. The van der Waals surface area contributed by atoms with Crippen molar-refractivity contribution in [2.24, 2.45) is 15.6 Å². The fraction of sp³-hybridized carbons (Fsp3) is 0.400. The molecule has 138 valence electrons. The topological polar surface area (TPSA) is 88.1 Å². The summed E-state index contributed by atoms with van der Waals surface area (Å²) in [6.07, 6.45) is 0.873. The third-order valence-electron chi connectivity index (χ3n) is 4.06. The number of benzene rings is 2. The van der Waals surface area contributed by atoms with Crippen molar-refractivity contribution in [3.63, 3.8) is 0 Å². The Morgan fingerprint density at radius 2 is 1.54 bits per heavy atom. The standard InChI is InChI=1S/C20H25N3O3/c1-19(2,3)13-20(4,5)14-9-8-11-16(18(14)24)22-21-15-10-6-7-12-17(15)23(25)26/h6-12,24H,13H2,1-5H3. The van der Waals surface area contributed by atoms with E-state index >= 15 is 0 Å².